The lowest BCUT2D eigenvalue weighted by atomic mass is 9.98. The summed E-state index contributed by atoms with van der Waals surface area (Å²) in [7, 11) is 0. The Kier molecular flexibility index (Phi) is 4.66. The molecule has 0 amide bonds. The van der Waals surface area contributed by atoms with Gasteiger partial charge in [-0.05, 0) is 50.6 Å². The van der Waals surface area contributed by atoms with E-state index in [0.29, 0.717) is 0 Å². The lowest BCUT2D eigenvalue weighted by molar-refractivity contribution is -0.274. The third kappa shape index (κ3) is 4.52. The first-order chi connectivity index (χ1) is 9.81. The summed E-state index contributed by atoms with van der Waals surface area (Å²) in [6.07, 6.45) is -2.63. The third-order valence-electron chi connectivity index (χ3n) is 3.91. The number of halogens is 3. The number of alkyl halides is 3. The van der Waals surface area contributed by atoms with E-state index in [1.54, 1.807) is 12.1 Å². The fourth-order valence-corrected chi connectivity index (χ4v) is 2.53. The van der Waals surface area contributed by atoms with Gasteiger partial charge in [0.25, 0.3) is 0 Å². The Morgan fingerprint density at radius 2 is 1.95 bits per heavy atom. The second-order valence-electron chi connectivity index (χ2n) is 5.66. The zero-order valence-corrected chi connectivity index (χ0v) is 12.3. The van der Waals surface area contributed by atoms with Gasteiger partial charge in [-0.15, -0.1) is 13.2 Å². The fraction of sp³-hybridized carbons (Fsp3) is 0.600. The average Bonchev–Trinajstić information content (AvgIpc) is 2.61. The van der Waals surface area contributed by atoms with Crippen LogP contribution in [0.15, 0.2) is 24.3 Å². The van der Waals surface area contributed by atoms with Gasteiger partial charge in [-0.3, -0.25) is 0 Å². The number of rotatable bonds is 3. The van der Waals surface area contributed by atoms with Crippen molar-refractivity contribution in [2.75, 3.05) is 24.5 Å². The SMILES string of the molecule is CCC1(C)CN(c2ccc(OC(F)(F)F)cc2)CCCN1. The van der Waals surface area contributed by atoms with Crippen LogP contribution in [0.5, 0.6) is 5.75 Å². The molecule has 21 heavy (non-hydrogen) atoms. The van der Waals surface area contributed by atoms with E-state index in [-0.39, 0.29) is 11.3 Å². The minimum atomic E-state index is -4.64. The van der Waals surface area contributed by atoms with Crippen LogP contribution in [0.2, 0.25) is 0 Å². The predicted molar refractivity (Wildman–Crippen MR) is 76.7 cm³/mol. The van der Waals surface area contributed by atoms with Crippen molar-refractivity contribution >= 4 is 5.69 Å². The first kappa shape index (κ1) is 15.9. The summed E-state index contributed by atoms with van der Waals surface area (Å²) in [5.74, 6) is -0.183. The number of ether oxygens (including phenoxy) is 1. The molecule has 1 aliphatic rings. The largest absolute Gasteiger partial charge is 0.573 e. The molecule has 1 atom stereocenters. The van der Waals surface area contributed by atoms with Crippen LogP contribution in [0.25, 0.3) is 0 Å². The number of nitrogens with one attached hydrogen (secondary N) is 1. The highest BCUT2D eigenvalue weighted by molar-refractivity contribution is 5.49. The van der Waals surface area contributed by atoms with Crippen LogP contribution in [0.1, 0.15) is 26.7 Å². The Hall–Kier alpha value is -1.43. The normalized spacial score (nSPS) is 23.8. The smallest absolute Gasteiger partial charge is 0.406 e. The van der Waals surface area contributed by atoms with E-state index in [2.05, 4.69) is 28.8 Å². The Balaban J connectivity index is 2.10. The van der Waals surface area contributed by atoms with E-state index in [1.807, 2.05) is 0 Å². The maximum absolute atomic E-state index is 12.2. The third-order valence-corrected chi connectivity index (χ3v) is 3.91. The number of hydrogen-bond acceptors (Lipinski definition) is 3. The predicted octanol–water partition coefficient (Wildman–Crippen LogP) is 3.55. The maximum Gasteiger partial charge on any atom is 0.573 e. The summed E-state index contributed by atoms with van der Waals surface area (Å²) < 4.78 is 40.4. The van der Waals surface area contributed by atoms with Gasteiger partial charge in [0.2, 0.25) is 0 Å². The molecule has 6 heteroatoms. The zero-order valence-electron chi connectivity index (χ0n) is 12.3. The molecule has 3 nitrogen and oxygen atoms in total. The highest BCUT2D eigenvalue weighted by Gasteiger charge is 2.31. The van der Waals surface area contributed by atoms with E-state index in [0.717, 1.165) is 38.2 Å². The molecule has 0 saturated carbocycles. The van der Waals surface area contributed by atoms with E-state index in [1.165, 1.54) is 12.1 Å². The quantitative estimate of drug-likeness (QED) is 0.924. The van der Waals surface area contributed by atoms with Gasteiger partial charge in [-0.2, -0.15) is 0 Å². The highest BCUT2D eigenvalue weighted by Crippen LogP contribution is 2.27. The van der Waals surface area contributed by atoms with Gasteiger partial charge in [-0.1, -0.05) is 6.92 Å². The Labute approximate surface area is 123 Å². The molecule has 1 unspecified atom stereocenters. The van der Waals surface area contributed by atoms with Gasteiger partial charge in [0, 0.05) is 24.3 Å². The topological polar surface area (TPSA) is 24.5 Å². The molecule has 1 saturated heterocycles. The molecule has 0 radical (unpaired) electrons. The van der Waals surface area contributed by atoms with Crippen LogP contribution in [-0.2, 0) is 0 Å². The maximum atomic E-state index is 12.2. The second-order valence-corrected chi connectivity index (χ2v) is 5.66. The van der Waals surface area contributed by atoms with Crippen molar-refractivity contribution in [3.8, 4) is 5.75 Å². The Bertz CT molecular complexity index is 461. The molecular formula is C15H21F3N2O. The Morgan fingerprint density at radius 1 is 1.29 bits per heavy atom. The molecule has 2 rings (SSSR count). The molecule has 1 fully saturated rings. The molecule has 0 aromatic heterocycles. The minimum Gasteiger partial charge on any atom is -0.406 e. The van der Waals surface area contributed by atoms with Crippen molar-refractivity contribution in [1.29, 1.82) is 0 Å². The van der Waals surface area contributed by atoms with Crippen molar-refractivity contribution in [3.63, 3.8) is 0 Å². The summed E-state index contributed by atoms with van der Waals surface area (Å²) in [5, 5.41) is 3.53. The second kappa shape index (κ2) is 6.13. The van der Waals surface area contributed by atoms with Crippen molar-refractivity contribution in [2.45, 2.75) is 38.6 Å². The van der Waals surface area contributed by atoms with Gasteiger partial charge in [0.05, 0.1) is 0 Å². The molecule has 0 bridgehead atoms. The number of anilines is 1. The summed E-state index contributed by atoms with van der Waals surface area (Å²) in [4.78, 5) is 2.21. The van der Waals surface area contributed by atoms with E-state index >= 15 is 0 Å². The van der Waals surface area contributed by atoms with E-state index in [9.17, 15) is 13.2 Å². The minimum absolute atomic E-state index is 0.0254. The summed E-state index contributed by atoms with van der Waals surface area (Å²) >= 11 is 0. The fourth-order valence-electron chi connectivity index (χ4n) is 2.53. The van der Waals surface area contributed by atoms with Gasteiger partial charge >= 0.3 is 6.36 Å². The van der Waals surface area contributed by atoms with E-state index < -0.39 is 6.36 Å². The van der Waals surface area contributed by atoms with Crippen LogP contribution >= 0.6 is 0 Å². The molecule has 1 N–H and O–H groups in total. The van der Waals surface area contributed by atoms with E-state index in [4.69, 9.17) is 0 Å². The molecule has 0 spiro atoms. The molecule has 1 aliphatic heterocycles. The van der Waals surface area contributed by atoms with Crippen LogP contribution < -0.4 is 15.0 Å². The summed E-state index contributed by atoms with van der Waals surface area (Å²) in [6.45, 7) is 6.99. The van der Waals surface area contributed by atoms with Crippen molar-refractivity contribution in [1.82, 2.24) is 5.32 Å². The van der Waals surface area contributed by atoms with Gasteiger partial charge < -0.3 is 15.0 Å². The lowest BCUT2D eigenvalue weighted by Gasteiger charge is -2.34. The molecule has 0 aliphatic carbocycles. The first-order valence-electron chi connectivity index (χ1n) is 7.17. The summed E-state index contributed by atoms with van der Waals surface area (Å²) in [5.41, 5.74) is 0.949. The van der Waals surface area contributed by atoms with Crippen LogP contribution in [0, 0.1) is 0 Å². The van der Waals surface area contributed by atoms with Crippen molar-refractivity contribution < 1.29 is 17.9 Å². The van der Waals surface area contributed by atoms with Gasteiger partial charge in [-0.25, -0.2) is 0 Å². The van der Waals surface area contributed by atoms with Gasteiger partial charge in [0.1, 0.15) is 5.75 Å². The number of benzene rings is 1. The van der Waals surface area contributed by atoms with Crippen LogP contribution in [0.4, 0.5) is 18.9 Å². The van der Waals surface area contributed by atoms with Crippen molar-refractivity contribution in [3.05, 3.63) is 24.3 Å². The first-order valence-corrected chi connectivity index (χ1v) is 7.17. The van der Waals surface area contributed by atoms with Crippen molar-refractivity contribution in [2.24, 2.45) is 0 Å². The monoisotopic (exact) mass is 302 g/mol. The number of nitrogens with zero attached hydrogens (tertiary/aromatic N) is 1. The molecule has 1 aromatic carbocycles. The van der Waals surface area contributed by atoms with Gasteiger partial charge in [0.15, 0.2) is 0 Å². The lowest BCUT2D eigenvalue weighted by Crippen LogP contribution is -2.48. The molecule has 1 heterocycles. The standard InChI is InChI=1S/C15H21F3N2O/c1-3-14(2)11-20(10-4-9-19-14)12-5-7-13(8-6-12)21-15(16,17)18/h5-8,19H,3-4,9-11H2,1-2H3. The zero-order chi connectivity index (χ0) is 15.5. The Morgan fingerprint density at radius 3 is 2.52 bits per heavy atom. The number of hydrogen-bond donors (Lipinski definition) is 1. The summed E-state index contributed by atoms with van der Waals surface area (Å²) in [6, 6.07) is 6.10. The molecular weight excluding hydrogens is 281 g/mol. The van der Waals surface area contributed by atoms with Crippen LogP contribution in [0.3, 0.4) is 0 Å². The van der Waals surface area contributed by atoms with Crippen LogP contribution in [-0.4, -0.2) is 31.5 Å². The highest BCUT2D eigenvalue weighted by atomic mass is 19.4. The average molecular weight is 302 g/mol. The molecule has 118 valence electrons. The molecule has 1 aromatic rings.